The Morgan fingerprint density at radius 1 is 1.30 bits per heavy atom. The molecular weight excluding hydrogens is 352 g/mol. The van der Waals surface area contributed by atoms with Gasteiger partial charge in [-0.3, -0.25) is 14.4 Å². The molecule has 2 amide bonds. The Morgan fingerprint density at radius 2 is 2.07 bits per heavy atom. The van der Waals surface area contributed by atoms with Crippen molar-refractivity contribution < 1.29 is 28.6 Å². The minimum absolute atomic E-state index is 0.0225. The van der Waals surface area contributed by atoms with Crippen molar-refractivity contribution in [2.75, 3.05) is 33.4 Å². The summed E-state index contributed by atoms with van der Waals surface area (Å²) in [5.41, 5.74) is 0.403. The lowest BCUT2D eigenvalue weighted by atomic mass is 10.1. The molecule has 1 aliphatic heterocycles. The third kappa shape index (κ3) is 5.96. The van der Waals surface area contributed by atoms with E-state index in [1.807, 2.05) is 13.8 Å². The molecule has 8 heteroatoms. The summed E-state index contributed by atoms with van der Waals surface area (Å²) in [4.78, 5) is 38.6. The Morgan fingerprint density at radius 3 is 2.78 bits per heavy atom. The van der Waals surface area contributed by atoms with E-state index in [2.05, 4.69) is 5.32 Å². The predicted octanol–water partition coefficient (Wildman–Crippen LogP) is 0.994. The number of carbonyl (C=O) groups is 3. The lowest BCUT2D eigenvalue weighted by molar-refractivity contribution is -0.148. The maximum Gasteiger partial charge on any atom is 0.308 e. The summed E-state index contributed by atoms with van der Waals surface area (Å²) < 4.78 is 15.5. The van der Waals surface area contributed by atoms with Gasteiger partial charge < -0.3 is 24.4 Å². The first-order valence-electron chi connectivity index (χ1n) is 8.92. The summed E-state index contributed by atoms with van der Waals surface area (Å²) in [7, 11) is 1.50. The van der Waals surface area contributed by atoms with Crippen LogP contribution in [0.5, 0.6) is 5.75 Å². The molecule has 1 unspecified atom stereocenters. The molecule has 27 heavy (non-hydrogen) atoms. The van der Waals surface area contributed by atoms with E-state index >= 15 is 0 Å². The number of amides is 2. The van der Waals surface area contributed by atoms with Crippen molar-refractivity contribution in [1.29, 1.82) is 0 Å². The second-order valence-corrected chi connectivity index (χ2v) is 6.42. The van der Waals surface area contributed by atoms with Crippen LogP contribution >= 0.6 is 0 Å². The zero-order valence-electron chi connectivity index (χ0n) is 15.9. The molecule has 1 atom stereocenters. The van der Waals surface area contributed by atoms with Crippen LogP contribution in [0, 0.1) is 0 Å². The van der Waals surface area contributed by atoms with E-state index in [4.69, 9.17) is 14.2 Å². The molecule has 1 aromatic rings. The van der Waals surface area contributed by atoms with Gasteiger partial charge in [0.1, 0.15) is 18.4 Å². The molecule has 1 heterocycles. The fourth-order valence-corrected chi connectivity index (χ4v) is 2.76. The fraction of sp³-hybridized carbons (Fsp3) is 0.526. The van der Waals surface area contributed by atoms with Gasteiger partial charge in [-0.25, -0.2) is 0 Å². The van der Waals surface area contributed by atoms with Crippen LogP contribution in [0.4, 0.5) is 0 Å². The van der Waals surface area contributed by atoms with Gasteiger partial charge in [0.2, 0.25) is 5.91 Å². The van der Waals surface area contributed by atoms with E-state index in [0.29, 0.717) is 24.4 Å². The van der Waals surface area contributed by atoms with Gasteiger partial charge in [0.25, 0.3) is 5.91 Å². The number of ether oxygens (including phenoxy) is 3. The number of rotatable bonds is 8. The number of nitrogens with zero attached hydrogens (tertiary/aromatic N) is 1. The Bertz CT molecular complexity index is 676. The number of nitrogens with one attached hydrogen (secondary N) is 1. The predicted molar refractivity (Wildman–Crippen MR) is 97.5 cm³/mol. The lowest BCUT2D eigenvalue weighted by Crippen LogP contribution is -2.57. The van der Waals surface area contributed by atoms with E-state index in [0.717, 1.165) is 0 Å². The molecule has 0 bridgehead atoms. The monoisotopic (exact) mass is 378 g/mol. The summed E-state index contributed by atoms with van der Waals surface area (Å²) in [6, 6.07) is 5.89. The van der Waals surface area contributed by atoms with Crippen molar-refractivity contribution in [3.63, 3.8) is 0 Å². The second kappa shape index (κ2) is 9.91. The topological polar surface area (TPSA) is 94.2 Å². The van der Waals surface area contributed by atoms with Gasteiger partial charge in [0.05, 0.1) is 19.1 Å². The van der Waals surface area contributed by atoms with Crippen molar-refractivity contribution >= 4 is 17.8 Å². The summed E-state index contributed by atoms with van der Waals surface area (Å²) in [6.07, 6.45) is -0.227. The molecular formula is C19H26N2O6. The summed E-state index contributed by atoms with van der Waals surface area (Å²) in [5.74, 6) is -0.668. The Kier molecular flexibility index (Phi) is 7.60. The molecule has 2 rings (SSSR count). The number of carbonyl (C=O) groups excluding carboxylic acids is 3. The highest BCUT2D eigenvalue weighted by Gasteiger charge is 2.35. The average molecular weight is 378 g/mol. The third-order valence-corrected chi connectivity index (χ3v) is 3.95. The Labute approximate surface area is 158 Å². The second-order valence-electron chi connectivity index (χ2n) is 6.42. The van der Waals surface area contributed by atoms with Crippen molar-refractivity contribution in [2.45, 2.75) is 32.4 Å². The van der Waals surface area contributed by atoms with E-state index in [-0.39, 0.29) is 37.6 Å². The minimum Gasteiger partial charge on any atom is -0.491 e. The molecule has 1 saturated heterocycles. The van der Waals surface area contributed by atoms with Crippen LogP contribution in [0.25, 0.3) is 0 Å². The molecule has 0 saturated carbocycles. The maximum atomic E-state index is 13.0. The molecule has 0 aliphatic carbocycles. The van der Waals surface area contributed by atoms with Crippen LogP contribution < -0.4 is 10.1 Å². The molecule has 1 aromatic carbocycles. The first-order valence-corrected chi connectivity index (χ1v) is 8.92. The van der Waals surface area contributed by atoms with Gasteiger partial charge in [-0.2, -0.15) is 0 Å². The quantitative estimate of drug-likeness (QED) is 0.536. The Hall–Kier alpha value is -2.61. The molecule has 148 valence electrons. The van der Waals surface area contributed by atoms with Crippen molar-refractivity contribution in [1.82, 2.24) is 10.2 Å². The highest BCUT2D eigenvalue weighted by atomic mass is 16.6. The average Bonchev–Trinajstić information content (AvgIpc) is 2.63. The number of methoxy groups -OCH3 is 1. The molecule has 1 aliphatic rings. The SMILES string of the molecule is COCCOC(=O)CC1C(=O)NCCN1C(=O)c1cccc(OC(C)C)c1. The first kappa shape index (κ1) is 20.7. The van der Waals surface area contributed by atoms with Gasteiger partial charge in [-0.05, 0) is 32.0 Å². The van der Waals surface area contributed by atoms with Crippen molar-refractivity contribution in [3.8, 4) is 5.75 Å². The van der Waals surface area contributed by atoms with Gasteiger partial charge in [0.15, 0.2) is 0 Å². The third-order valence-electron chi connectivity index (χ3n) is 3.95. The molecule has 0 aromatic heterocycles. The van der Waals surface area contributed by atoms with E-state index < -0.39 is 12.0 Å². The zero-order valence-corrected chi connectivity index (χ0v) is 15.9. The molecule has 0 spiro atoms. The molecule has 1 fully saturated rings. The smallest absolute Gasteiger partial charge is 0.308 e. The zero-order chi connectivity index (χ0) is 19.8. The highest BCUT2D eigenvalue weighted by molar-refractivity contribution is 5.99. The number of piperazine rings is 1. The number of esters is 1. The van der Waals surface area contributed by atoms with Gasteiger partial charge in [-0.1, -0.05) is 6.07 Å². The normalized spacial score (nSPS) is 16.8. The summed E-state index contributed by atoms with van der Waals surface area (Å²) in [6.45, 7) is 4.82. The van der Waals surface area contributed by atoms with Crippen LogP contribution in [0.3, 0.4) is 0 Å². The number of benzene rings is 1. The number of hydrogen-bond acceptors (Lipinski definition) is 6. The van der Waals surface area contributed by atoms with Crippen LogP contribution in [-0.4, -0.2) is 68.2 Å². The fourth-order valence-electron chi connectivity index (χ4n) is 2.76. The van der Waals surface area contributed by atoms with Crippen LogP contribution in [0.15, 0.2) is 24.3 Å². The van der Waals surface area contributed by atoms with Gasteiger partial charge in [0, 0.05) is 25.8 Å². The maximum absolute atomic E-state index is 13.0. The summed E-state index contributed by atoms with van der Waals surface area (Å²) >= 11 is 0. The number of hydrogen-bond donors (Lipinski definition) is 1. The van der Waals surface area contributed by atoms with Gasteiger partial charge in [-0.15, -0.1) is 0 Å². The highest BCUT2D eigenvalue weighted by Crippen LogP contribution is 2.19. The van der Waals surface area contributed by atoms with Gasteiger partial charge >= 0.3 is 5.97 Å². The molecule has 8 nitrogen and oxygen atoms in total. The van der Waals surface area contributed by atoms with E-state index in [9.17, 15) is 14.4 Å². The van der Waals surface area contributed by atoms with Crippen LogP contribution in [0.1, 0.15) is 30.6 Å². The molecule has 0 radical (unpaired) electrons. The van der Waals surface area contributed by atoms with Crippen molar-refractivity contribution in [2.24, 2.45) is 0 Å². The standard InChI is InChI=1S/C19H26N2O6/c1-13(2)27-15-6-4-5-14(11-15)19(24)21-8-7-20-18(23)16(21)12-17(22)26-10-9-25-3/h4-6,11,13,16H,7-10,12H2,1-3H3,(H,20,23). The lowest BCUT2D eigenvalue weighted by Gasteiger charge is -2.34. The molecule has 1 N–H and O–H groups in total. The van der Waals surface area contributed by atoms with Crippen LogP contribution in [0.2, 0.25) is 0 Å². The first-order chi connectivity index (χ1) is 12.9. The van der Waals surface area contributed by atoms with Crippen molar-refractivity contribution in [3.05, 3.63) is 29.8 Å². The summed E-state index contributed by atoms with van der Waals surface area (Å²) in [5, 5.41) is 2.69. The van der Waals surface area contributed by atoms with E-state index in [1.165, 1.54) is 12.0 Å². The largest absolute Gasteiger partial charge is 0.491 e. The van der Waals surface area contributed by atoms with E-state index in [1.54, 1.807) is 24.3 Å². The minimum atomic E-state index is -0.907. The van der Waals surface area contributed by atoms with Crippen LogP contribution in [-0.2, 0) is 19.1 Å². The Balaban J connectivity index is 2.11.